The number of rotatable bonds is 7. The van der Waals surface area contributed by atoms with E-state index in [1.165, 1.54) is 20.3 Å². The summed E-state index contributed by atoms with van der Waals surface area (Å²) in [6.07, 6.45) is -0.279. The van der Waals surface area contributed by atoms with Crippen LogP contribution in [0.1, 0.15) is 10.4 Å². The molecule has 7 nitrogen and oxygen atoms in total. The maximum absolute atomic E-state index is 11.8. The Morgan fingerprint density at radius 2 is 2.10 bits per heavy atom. The molecule has 116 valence electrons. The van der Waals surface area contributed by atoms with Gasteiger partial charge in [-0.2, -0.15) is 0 Å². The van der Waals surface area contributed by atoms with E-state index in [1.807, 2.05) is 0 Å². The topological polar surface area (TPSA) is 96.9 Å². The van der Waals surface area contributed by atoms with Crippen LogP contribution in [0, 0.1) is 0 Å². The fourth-order valence-corrected chi connectivity index (χ4v) is 2.06. The molecule has 0 aliphatic rings. The van der Waals surface area contributed by atoms with Gasteiger partial charge in [-0.25, -0.2) is 9.59 Å². The minimum atomic E-state index is -1.12. The normalized spacial score (nSPS) is 11.8. The number of methoxy groups -OCH3 is 2. The Kier molecular flexibility index (Phi) is 7.13. The van der Waals surface area contributed by atoms with Crippen molar-refractivity contribution in [3.05, 3.63) is 28.2 Å². The Morgan fingerprint density at radius 3 is 2.67 bits per heavy atom. The van der Waals surface area contributed by atoms with Crippen LogP contribution >= 0.6 is 15.9 Å². The number of hydrogen-bond acceptors (Lipinski definition) is 4. The molecule has 1 aromatic rings. The fraction of sp³-hybridized carbons (Fsp3) is 0.385. The highest BCUT2D eigenvalue weighted by atomic mass is 79.9. The molecular formula is C13H17BrN2O5. The van der Waals surface area contributed by atoms with E-state index in [0.29, 0.717) is 11.1 Å². The molecule has 0 aliphatic carbocycles. The van der Waals surface area contributed by atoms with Crippen molar-refractivity contribution >= 4 is 33.6 Å². The zero-order valence-corrected chi connectivity index (χ0v) is 13.3. The van der Waals surface area contributed by atoms with Crippen molar-refractivity contribution in [3.63, 3.8) is 0 Å². The van der Waals surface area contributed by atoms with Gasteiger partial charge in [0.25, 0.3) is 0 Å². The Bertz CT molecular complexity index is 509. The summed E-state index contributed by atoms with van der Waals surface area (Å²) in [7, 11) is 3.05. The Labute approximate surface area is 130 Å². The fourth-order valence-electron chi connectivity index (χ4n) is 1.59. The molecule has 3 N–H and O–H groups in total. The molecule has 0 spiro atoms. The van der Waals surface area contributed by atoms with Gasteiger partial charge in [-0.3, -0.25) is 0 Å². The van der Waals surface area contributed by atoms with E-state index in [-0.39, 0.29) is 23.9 Å². The first-order valence-corrected chi connectivity index (χ1v) is 6.87. The SMILES string of the molecule is COCC(CNC(=O)Nc1c(Br)cccc1C(=O)O)OC. The second-order valence-corrected chi connectivity index (χ2v) is 4.97. The summed E-state index contributed by atoms with van der Waals surface area (Å²) >= 11 is 3.21. The van der Waals surface area contributed by atoms with Crippen LogP contribution in [-0.4, -0.2) is 50.6 Å². The van der Waals surface area contributed by atoms with E-state index in [2.05, 4.69) is 26.6 Å². The number of carboxylic acid groups (broad SMARTS) is 1. The van der Waals surface area contributed by atoms with Crippen molar-refractivity contribution in [3.8, 4) is 0 Å². The zero-order valence-electron chi connectivity index (χ0n) is 11.7. The van der Waals surface area contributed by atoms with Crippen molar-refractivity contribution in [1.29, 1.82) is 0 Å². The van der Waals surface area contributed by atoms with Gasteiger partial charge >= 0.3 is 12.0 Å². The molecular weight excluding hydrogens is 344 g/mol. The third kappa shape index (κ3) is 5.33. The smallest absolute Gasteiger partial charge is 0.337 e. The first-order valence-electron chi connectivity index (χ1n) is 6.08. The number of amides is 2. The van der Waals surface area contributed by atoms with Gasteiger partial charge in [-0.15, -0.1) is 0 Å². The second kappa shape index (κ2) is 8.60. The summed E-state index contributed by atoms with van der Waals surface area (Å²) < 4.78 is 10.5. The maximum atomic E-state index is 11.8. The summed E-state index contributed by atoms with van der Waals surface area (Å²) in [4.78, 5) is 23.0. The lowest BCUT2D eigenvalue weighted by Gasteiger charge is -2.16. The number of carbonyl (C=O) groups is 2. The van der Waals surface area contributed by atoms with Crippen LogP contribution in [0.4, 0.5) is 10.5 Å². The number of aromatic carboxylic acids is 1. The maximum Gasteiger partial charge on any atom is 0.337 e. The first kappa shape index (κ1) is 17.4. The van der Waals surface area contributed by atoms with E-state index < -0.39 is 12.0 Å². The van der Waals surface area contributed by atoms with Gasteiger partial charge in [0.15, 0.2) is 0 Å². The average molecular weight is 361 g/mol. The lowest BCUT2D eigenvalue weighted by Crippen LogP contribution is -2.38. The van der Waals surface area contributed by atoms with Crippen molar-refractivity contribution in [2.75, 3.05) is 32.7 Å². The van der Waals surface area contributed by atoms with Crippen LogP contribution in [0.5, 0.6) is 0 Å². The molecule has 0 radical (unpaired) electrons. The number of carboxylic acids is 1. The molecule has 2 amide bonds. The number of nitrogens with one attached hydrogen (secondary N) is 2. The standard InChI is InChI=1S/C13H17BrN2O5/c1-20-7-8(21-2)6-15-13(19)16-11-9(12(17)18)4-3-5-10(11)14/h3-5,8H,6-7H2,1-2H3,(H,17,18)(H2,15,16,19). The van der Waals surface area contributed by atoms with Crippen molar-refractivity contribution in [2.24, 2.45) is 0 Å². The minimum absolute atomic E-state index is 0.000270. The van der Waals surface area contributed by atoms with E-state index in [0.717, 1.165) is 0 Å². The largest absolute Gasteiger partial charge is 0.478 e. The molecule has 1 unspecified atom stereocenters. The Morgan fingerprint density at radius 1 is 1.38 bits per heavy atom. The summed E-state index contributed by atoms with van der Waals surface area (Å²) in [5.74, 6) is -1.12. The molecule has 0 aliphatic heterocycles. The van der Waals surface area contributed by atoms with Gasteiger partial charge in [-0.1, -0.05) is 6.07 Å². The van der Waals surface area contributed by atoms with E-state index >= 15 is 0 Å². The van der Waals surface area contributed by atoms with Gasteiger partial charge in [0.1, 0.15) is 0 Å². The summed E-state index contributed by atoms with van der Waals surface area (Å²) in [6, 6.07) is 4.11. The lowest BCUT2D eigenvalue weighted by molar-refractivity contribution is 0.0307. The minimum Gasteiger partial charge on any atom is -0.478 e. The van der Waals surface area contributed by atoms with Crippen LogP contribution < -0.4 is 10.6 Å². The van der Waals surface area contributed by atoms with Gasteiger partial charge in [0, 0.05) is 25.2 Å². The highest BCUT2D eigenvalue weighted by molar-refractivity contribution is 9.10. The lowest BCUT2D eigenvalue weighted by atomic mass is 10.2. The van der Waals surface area contributed by atoms with Crippen LogP contribution in [0.2, 0.25) is 0 Å². The predicted octanol–water partition coefficient (Wildman–Crippen LogP) is 1.93. The summed E-state index contributed by atoms with van der Waals surface area (Å²) in [5.41, 5.74) is 0.197. The van der Waals surface area contributed by atoms with Gasteiger partial charge < -0.3 is 25.2 Å². The molecule has 1 aromatic carbocycles. The second-order valence-electron chi connectivity index (χ2n) is 4.12. The van der Waals surface area contributed by atoms with Crippen LogP contribution in [-0.2, 0) is 9.47 Å². The molecule has 0 heterocycles. The van der Waals surface area contributed by atoms with Crippen molar-refractivity contribution in [2.45, 2.75) is 6.10 Å². The average Bonchev–Trinajstić information content (AvgIpc) is 2.45. The van der Waals surface area contributed by atoms with Gasteiger partial charge in [0.2, 0.25) is 0 Å². The number of anilines is 1. The van der Waals surface area contributed by atoms with E-state index in [9.17, 15) is 9.59 Å². The molecule has 8 heteroatoms. The molecule has 21 heavy (non-hydrogen) atoms. The van der Waals surface area contributed by atoms with E-state index in [1.54, 1.807) is 12.1 Å². The molecule has 1 rings (SSSR count). The van der Waals surface area contributed by atoms with Crippen LogP contribution in [0.3, 0.4) is 0 Å². The Hall–Kier alpha value is -1.64. The number of carbonyl (C=O) groups excluding carboxylic acids is 1. The number of ether oxygens (including phenoxy) is 2. The zero-order chi connectivity index (χ0) is 15.8. The molecule has 0 saturated carbocycles. The monoisotopic (exact) mass is 360 g/mol. The summed E-state index contributed by atoms with van der Waals surface area (Å²) in [5, 5.41) is 14.2. The van der Waals surface area contributed by atoms with Crippen LogP contribution in [0.25, 0.3) is 0 Å². The van der Waals surface area contributed by atoms with E-state index in [4.69, 9.17) is 14.6 Å². The molecule has 0 aromatic heterocycles. The number of urea groups is 1. The van der Waals surface area contributed by atoms with Crippen molar-refractivity contribution < 1.29 is 24.2 Å². The third-order valence-electron chi connectivity index (χ3n) is 2.66. The van der Waals surface area contributed by atoms with Gasteiger partial charge in [0.05, 0.1) is 24.0 Å². The number of benzene rings is 1. The third-order valence-corrected chi connectivity index (χ3v) is 3.32. The number of halogens is 1. The molecule has 0 bridgehead atoms. The highest BCUT2D eigenvalue weighted by Gasteiger charge is 2.16. The predicted molar refractivity (Wildman–Crippen MR) is 80.8 cm³/mol. The number of hydrogen-bond donors (Lipinski definition) is 3. The number of para-hydroxylation sites is 1. The van der Waals surface area contributed by atoms with Crippen molar-refractivity contribution in [1.82, 2.24) is 5.32 Å². The van der Waals surface area contributed by atoms with Gasteiger partial charge in [-0.05, 0) is 28.1 Å². The molecule has 1 atom stereocenters. The summed E-state index contributed by atoms with van der Waals surface area (Å²) in [6.45, 7) is 0.579. The first-order chi connectivity index (χ1) is 9.99. The highest BCUT2D eigenvalue weighted by Crippen LogP contribution is 2.26. The Balaban J connectivity index is 2.69. The molecule has 0 fully saturated rings. The quantitative estimate of drug-likeness (QED) is 0.690. The molecule has 0 saturated heterocycles. The van der Waals surface area contributed by atoms with Crippen LogP contribution in [0.15, 0.2) is 22.7 Å².